The maximum atomic E-state index is 15.9. The Balaban J connectivity index is 2.23. The second-order valence-electron chi connectivity index (χ2n) is 9.60. The highest BCUT2D eigenvalue weighted by Gasteiger charge is 2.58. The summed E-state index contributed by atoms with van der Waals surface area (Å²) in [6.07, 6.45) is 0. The standard InChI is InChI=1S/C35H38O9/c1-37-27-21-19-25(29(39-3)31(27)41-5)34(43-7,23-15-11-9-12-16-23)33(36)35(44-8,24-17-13-10-14-18-24)26-20-22-28(38-2)32(42-6)30(26)40-4/h9-22H,1-8H3. The van der Waals surface area contributed by atoms with Gasteiger partial charge in [0.05, 0.1) is 42.7 Å². The van der Waals surface area contributed by atoms with E-state index in [1.165, 1.54) is 56.9 Å². The SMILES string of the molecule is COc1ccc(C(OC)(C(=O)C(OC)(c2ccccc2)c2ccc(OC)c(OC)c2OC)c2ccccc2)c(OC)c1OC. The van der Waals surface area contributed by atoms with E-state index in [0.29, 0.717) is 45.3 Å². The molecular weight excluding hydrogens is 564 g/mol. The Morgan fingerprint density at radius 1 is 0.432 bits per heavy atom. The van der Waals surface area contributed by atoms with Crippen LogP contribution >= 0.6 is 0 Å². The van der Waals surface area contributed by atoms with E-state index in [2.05, 4.69) is 0 Å². The van der Waals surface area contributed by atoms with Crippen molar-refractivity contribution in [3.05, 3.63) is 107 Å². The summed E-state index contributed by atoms with van der Waals surface area (Å²) in [5.41, 5.74) is -1.86. The summed E-state index contributed by atoms with van der Waals surface area (Å²) < 4.78 is 47.2. The fourth-order valence-corrected chi connectivity index (χ4v) is 5.81. The summed E-state index contributed by atoms with van der Waals surface area (Å²) in [6, 6.07) is 25.2. The molecule has 0 radical (unpaired) electrons. The van der Waals surface area contributed by atoms with Gasteiger partial charge in [-0.15, -0.1) is 0 Å². The Bertz CT molecular complexity index is 1460. The predicted molar refractivity (Wildman–Crippen MR) is 166 cm³/mol. The van der Waals surface area contributed by atoms with Crippen LogP contribution in [0.3, 0.4) is 0 Å². The fourth-order valence-electron chi connectivity index (χ4n) is 5.81. The molecule has 0 amide bonds. The van der Waals surface area contributed by atoms with E-state index < -0.39 is 17.0 Å². The highest BCUT2D eigenvalue weighted by Crippen LogP contribution is 2.54. The van der Waals surface area contributed by atoms with Crippen molar-refractivity contribution in [2.75, 3.05) is 56.9 Å². The molecule has 0 spiro atoms. The molecule has 0 saturated carbocycles. The van der Waals surface area contributed by atoms with E-state index in [9.17, 15) is 0 Å². The van der Waals surface area contributed by atoms with Gasteiger partial charge in [0.2, 0.25) is 17.3 Å². The van der Waals surface area contributed by atoms with Crippen molar-refractivity contribution in [1.82, 2.24) is 0 Å². The van der Waals surface area contributed by atoms with E-state index in [4.69, 9.17) is 37.9 Å². The quantitative estimate of drug-likeness (QED) is 0.178. The Morgan fingerprint density at radius 3 is 1.05 bits per heavy atom. The van der Waals surface area contributed by atoms with Crippen molar-refractivity contribution in [2.24, 2.45) is 0 Å². The first-order valence-electron chi connectivity index (χ1n) is 13.7. The van der Waals surface area contributed by atoms with Gasteiger partial charge in [-0.25, -0.2) is 0 Å². The molecule has 2 atom stereocenters. The number of hydrogen-bond acceptors (Lipinski definition) is 9. The third-order valence-corrected chi connectivity index (χ3v) is 7.78. The fraction of sp³-hybridized carbons (Fsp3) is 0.286. The summed E-state index contributed by atoms with van der Waals surface area (Å²) >= 11 is 0. The van der Waals surface area contributed by atoms with Gasteiger partial charge in [-0.1, -0.05) is 60.7 Å². The topological polar surface area (TPSA) is 90.9 Å². The van der Waals surface area contributed by atoms with Gasteiger partial charge in [0.1, 0.15) is 0 Å². The lowest BCUT2D eigenvalue weighted by atomic mass is 9.70. The molecule has 0 fully saturated rings. The third-order valence-electron chi connectivity index (χ3n) is 7.78. The molecule has 0 aromatic heterocycles. The highest BCUT2D eigenvalue weighted by molar-refractivity contribution is 6.03. The predicted octanol–water partition coefficient (Wildman–Crippen LogP) is 5.79. The number of carbonyl (C=O) groups excluding carboxylic acids is 1. The first-order valence-corrected chi connectivity index (χ1v) is 13.7. The second kappa shape index (κ2) is 13.7. The van der Waals surface area contributed by atoms with E-state index in [1.807, 2.05) is 60.7 Å². The third kappa shape index (κ3) is 4.98. The minimum atomic E-state index is -1.82. The van der Waals surface area contributed by atoms with Gasteiger partial charge in [0.25, 0.3) is 0 Å². The van der Waals surface area contributed by atoms with Crippen molar-refractivity contribution in [1.29, 1.82) is 0 Å². The average Bonchev–Trinajstić information content (AvgIpc) is 3.09. The summed E-state index contributed by atoms with van der Waals surface area (Å²) in [6.45, 7) is 0. The van der Waals surface area contributed by atoms with Crippen LogP contribution < -0.4 is 28.4 Å². The molecule has 0 saturated heterocycles. The number of rotatable bonds is 14. The van der Waals surface area contributed by atoms with E-state index in [1.54, 1.807) is 24.3 Å². The first kappa shape index (κ1) is 32.2. The minimum Gasteiger partial charge on any atom is -0.493 e. The van der Waals surface area contributed by atoms with Crippen molar-refractivity contribution >= 4 is 5.78 Å². The molecule has 4 aromatic rings. The number of benzene rings is 4. The zero-order valence-corrected chi connectivity index (χ0v) is 26.3. The molecule has 0 N–H and O–H groups in total. The maximum Gasteiger partial charge on any atom is 0.214 e. The first-order chi connectivity index (χ1) is 21.4. The number of hydrogen-bond donors (Lipinski definition) is 0. The van der Waals surface area contributed by atoms with Crippen molar-refractivity contribution in [2.45, 2.75) is 11.2 Å². The Kier molecular flexibility index (Phi) is 10.0. The molecule has 44 heavy (non-hydrogen) atoms. The molecule has 232 valence electrons. The van der Waals surface area contributed by atoms with Crippen LogP contribution in [0.5, 0.6) is 34.5 Å². The largest absolute Gasteiger partial charge is 0.493 e. The Morgan fingerprint density at radius 2 is 0.773 bits per heavy atom. The molecular formula is C35H38O9. The molecule has 2 unspecified atom stereocenters. The highest BCUT2D eigenvalue weighted by atomic mass is 16.5. The molecule has 4 aromatic carbocycles. The molecule has 0 bridgehead atoms. The van der Waals surface area contributed by atoms with Crippen LogP contribution in [0.4, 0.5) is 0 Å². The van der Waals surface area contributed by atoms with Crippen LogP contribution in [0, 0.1) is 0 Å². The monoisotopic (exact) mass is 602 g/mol. The molecule has 0 aliphatic rings. The molecule has 4 rings (SSSR count). The zero-order chi connectivity index (χ0) is 31.9. The van der Waals surface area contributed by atoms with Gasteiger partial charge in [0, 0.05) is 25.3 Å². The van der Waals surface area contributed by atoms with Crippen LogP contribution in [0.2, 0.25) is 0 Å². The van der Waals surface area contributed by atoms with Crippen molar-refractivity contribution in [3.8, 4) is 34.5 Å². The Hall–Kier alpha value is -4.73. The molecule has 0 aliphatic heterocycles. The van der Waals surface area contributed by atoms with Gasteiger partial charge in [-0.3, -0.25) is 4.79 Å². The molecule has 9 nitrogen and oxygen atoms in total. The normalized spacial score (nSPS) is 13.6. The van der Waals surface area contributed by atoms with Gasteiger partial charge in [-0.2, -0.15) is 0 Å². The smallest absolute Gasteiger partial charge is 0.214 e. The maximum absolute atomic E-state index is 15.9. The number of Topliss-reactive ketones (excluding diaryl/α,β-unsaturated/α-hetero) is 1. The summed E-state index contributed by atoms with van der Waals surface area (Å²) in [4.78, 5) is 15.9. The van der Waals surface area contributed by atoms with Gasteiger partial charge < -0.3 is 37.9 Å². The van der Waals surface area contributed by atoms with Crippen molar-refractivity contribution < 1.29 is 42.7 Å². The van der Waals surface area contributed by atoms with Crippen molar-refractivity contribution in [3.63, 3.8) is 0 Å². The van der Waals surface area contributed by atoms with E-state index in [-0.39, 0.29) is 11.5 Å². The van der Waals surface area contributed by atoms with Crippen LogP contribution in [0.15, 0.2) is 84.9 Å². The van der Waals surface area contributed by atoms with Crippen LogP contribution in [0.25, 0.3) is 0 Å². The van der Waals surface area contributed by atoms with E-state index in [0.717, 1.165) is 0 Å². The van der Waals surface area contributed by atoms with Gasteiger partial charge in [0.15, 0.2) is 34.2 Å². The van der Waals surface area contributed by atoms with Crippen LogP contribution in [-0.4, -0.2) is 62.7 Å². The minimum absolute atomic E-state index is 0.253. The lowest BCUT2D eigenvalue weighted by Gasteiger charge is -2.42. The summed E-state index contributed by atoms with van der Waals surface area (Å²) in [5, 5.41) is 0. The number of ether oxygens (including phenoxy) is 8. The average molecular weight is 603 g/mol. The summed E-state index contributed by atoms with van der Waals surface area (Å²) in [5.74, 6) is 1.44. The number of carbonyl (C=O) groups is 1. The van der Waals surface area contributed by atoms with Crippen LogP contribution in [-0.2, 0) is 25.5 Å². The molecule has 9 heteroatoms. The van der Waals surface area contributed by atoms with Gasteiger partial charge in [-0.05, 0) is 35.4 Å². The zero-order valence-electron chi connectivity index (χ0n) is 26.3. The van der Waals surface area contributed by atoms with E-state index >= 15 is 4.79 Å². The molecule has 0 heterocycles. The molecule has 0 aliphatic carbocycles. The second-order valence-corrected chi connectivity index (χ2v) is 9.60. The lowest BCUT2D eigenvalue weighted by Crippen LogP contribution is -2.53. The number of methoxy groups -OCH3 is 8. The van der Waals surface area contributed by atoms with Gasteiger partial charge >= 0.3 is 0 Å². The summed E-state index contributed by atoms with van der Waals surface area (Å²) in [7, 11) is 12.0. The lowest BCUT2D eigenvalue weighted by molar-refractivity contribution is -0.157. The number of ketones is 1. The van der Waals surface area contributed by atoms with Crippen LogP contribution in [0.1, 0.15) is 22.3 Å². The Labute approximate surface area is 258 Å².